The first-order valence-corrected chi connectivity index (χ1v) is 7.23. The zero-order chi connectivity index (χ0) is 14.1. The third-order valence-electron chi connectivity index (χ3n) is 2.57. The molecule has 2 aromatic heterocycles. The molecule has 0 fully saturated rings. The van der Waals surface area contributed by atoms with E-state index in [0.29, 0.717) is 21.1 Å². The predicted octanol–water partition coefficient (Wildman–Crippen LogP) is 3.47. The second-order valence-corrected chi connectivity index (χ2v) is 5.78. The molecule has 0 aliphatic heterocycles. The van der Waals surface area contributed by atoms with E-state index in [9.17, 15) is 14.9 Å². The van der Waals surface area contributed by atoms with Crippen LogP contribution in [0, 0.1) is 10.1 Å². The summed E-state index contributed by atoms with van der Waals surface area (Å²) in [6, 6.07) is 7.90. The Morgan fingerprint density at radius 1 is 1.40 bits per heavy atom. The van der Waals surface area contributed by atoms with Gasteiger partial charge in [-0.25, -0.2) is 4.98 Å². The average molecular weight is 305 g/mol. The number of imidazole rings is 1. The van der Waals surface area contributed by atoms with E-state index >= 15 is 0 Å². The molecular weight excluding hydrogens is 298 g/mol. The summed E-state index contributed by atoms with van der Waals surface area (Å²) >= 11 is 2.34. The molecule has 0 saturated carbocycles. The van der Waals surface area contributed by atoms with Gasteiger partial charge in [0.1, 0.15) is 0 Å². The van der Waals surface area contributed by atoms with Gasteiger partial charge in [-0.1, -0.05) is 6.07 Å². The van der Waals surface area contributed by atoms with Gasteiger partial charge >= 0.3 is 0 Å². The van der Waals surface area contributed by atoms with Crippen LogP contribution in [0.1, 0.15) is 9.67 Å². The van der Waals surface area contributed by atoms with Crippen LogP contribution in [-0.2, 0) is 0 Å². The number of nitro groups is 1. The number of aromatic amines is 1. The SMILES string of the molecule is O=C(Sc1nc2ccc([N+](=O)[O-])cc2[nH]1)c1cccs1. The third kappa shape index (κ3) is 2.43. The van der Waals surface area contributed by atoms with Crippen LogP contribution in [0.4, 0.5) is 5.69 Å². The molecule has 1 aromatic carbocycles. The summed E-state index contributed by atoms with van der Waals surface area (Å²) < 4.78 is 0. The molecule has 0 aliphatic carbocycles. The number of carbonyl (C=O) groups excluding carboxylic acids is 1. The molecule has 100 valence electrons. The van der Waals surface area contributed by atoms with E-state index in [-0.39, 0.29) is 10.8 Å². The number of fused-ring (bicyclic) bond motifs is 1. The summed E-state index contributed by atoms with van der Waals surface area (Å²) in [6.45, 7) is 0. The number of non-ortho nitro benzene ring substituents is 1. The number of carbonyl (C=O) groups is 1. The monoisotopic (exact) mass is 305 g/mol. The predicted molar refractivity (Wildman–Crippen MR) is 77.3 cm³/mol. The molecular formula is C12H7N3O3S2. The minimum atomic E-state index is -0.468. The fraction of sp³-hybridized carbons (Fsp3) is 0. The van der Waals surface area contributed by atoms with Crippen molar-refractivity contribution in [1.29, 1.82) is 0 Å². The standard InChI is InChI=1S/C12H7N3O3S2/c16-11(10-2-1-5-19-10)20-12-13-8-4-3-7(15(17)18)6-9(8)14-12/h1-6H,(H,13,14). The zero-order valence-electron chi connectivity index (χ0n) is 9.90. The van der Waals surface area contributed by atoms with E-state index in [2.05, 4.69) is 9.97 Å². The highest BCUT2D eigenvalue weighted by molar-refractivity contribution is 8.14. The van der Waals surface area contributed by atoms with Gasteiger partial charge in [0.25, 0.3) is 5.69 Å². The second-order valence-electron chi connectivity index (χ2n) is 3.87. The summed E-state index contributed by atoms with van der Waals surface area (Å²) in [5, 5.41) is 12.9. The Bertz CT molecular complexity index is 796. The average Bonchev–Trinajstić information content (AvgIpc) is 3.06. The first-order valence-electron chi connectivity index (χ1n) is 5.53. The smallest absolute Gasteiger partial charge is 0.271 e. The zero-order valence-corrected chi connectivity index (χ0v) is 11.5. The number of rotatable bonds is 3. The van der Waals surface area contributed by atoms with E-state index in [1.165, 1.54) is 23.5 Å². The molecule has 2 heterocycles. The number of benzene rings is 1. The molecule has 3 aromatic rings. The quantitative estimate of drug-likeness (QED) is 0.454. The van der Waals surface area contributed by atoms with Gasteiger partial charge in [0.2, 0.25) is 5.12 Å². The van der Waals surface area contributed by atoms with Crippen LogP contribution in [0.2, 0.25) is 0 Å². The number of thioether (sulfide) groups is 1. The molecule has 0 bridgehead atoms. The highest BCUT2D eigenvalue weighted by Crippen LogP contribution is 2.26. The maximum absolute atomic E-state index is 11.9. The number of aromatic nitrogens is 2. The van der Waals surface area contributed by atoms with Crippen LogP contribution in [0.3, 0.4) is 0 Å². The van der Waals surface area contributed by atoms with Gasteiger partial charge in [0.15, 0.2) is 5.16 Å². The Hall–Kier alpha value is -2.19. The van der Waals surface area contributed by atoms with Crippen molar-refractivity contribution < 1.29 is 9.72 Å². The van der Waals surface area contributed by atoms with E-state index in [1.807, 2.05) is 5.38 Å². The van der Waals surface area contributed by atoms with Gasteiger partial charge in [-0.05, 0) is 29.3 Å². The molecule has 20 heavy (non-hydrogen) atoms. The van der Waals surface area contributed by atoms with Crippen molar-refractivity contribution in [3.63, 3.8) is 0 Å². The molecule has 6 nitrogen and oxygen atoms in total. The fourth-order valence-electron chi connectivity index (χ4n) is 1.67. The Kier molecular flexibility index (Phi) is 3.25. The van der Waals surface area contributed by atoms with Crippen LogP contribution in [0.15, 0.2) is 40.9 Å². The summed E-state index contributed by atoms with van der Waals surface area (Å²) in [5.41, 5.74) is 1.13. The maximum Gasteiger partial charge on any atom is 0.271 e. The van der Waals surface area contributed by atoms with Crippen LogP contribution >= 0.6 is 23.1 Å². The molecule has 0 unspecified atom stereocenters. The van der Waals surface area contributed by atoms with Crippen LogP contribution in [0.25, 0.3) is 11.0 Å². The van der Waals surface area contributed by atoms with Gasteiger partial charge in [-0.3, -0.25) is 14.9 Å². The van der Waals surface area contributed by atoms with Crippen molar-refractivity contribution in [2.45, 2.75) is 5.16 Å². The molecule has 0 atom stereocenters. The number of nitro benzene ring substituents is 1. The van der Waals surface area contributed by atoms with E-state index < -0.39 is 4.92 Å². The van der Waals surface area contributed by atoms with Crippen molar-refractivity contribution in [3.8, 4) is 0 Å². The Morgan fingerprint density at radius 3 is 2.95 bits per heavy atom. The third-order valence-corrected chi connectivity index (χ3v) is 4.36. The first kappa shape index (κ1) is 12.8. The van der Waals surface area contributed by atoms with Crippen molar-refractivity contribution in [2.75, 3.05) is 0 Å². The number of nitrogens with zero attached hydrogens (tertiary/aromatic N) is 2. The number of nitrogens with one attached hydrogen (secondary N) is 1. The summed E-state index contributed by atoms with van der Waals surface area (Å²) in [4.78, 5) is 29.9. The molecule has 8 heteroatoms. The fourth-order valence-corrected chi connectivity index (χ4v) is 3.14. The van der Waals surface area contributed by atoms with Crippen molar-refractivity contribution in [3.05, 3.63) is 50.7 Å². The van der Waals surface area contributed by atoms with Crippen LogP contribution in [0.5, 0.6) is 0 Å². The van der Waals surface area contributed by atoms with E-state index in [1.54, 1.807) is 18.2 Å². The molecule has 0 saturated heterocycles. The minimum absolute atomic E-state index is 0.0118. The Morgan fingerprint density at radius 2 is 2.25 bits per heavy atom. The maximum atomic E-state index is 11.9. The molecule has 0 aliphatic rings. The van der Waals surface area contributed by atoms with Crippen molar-refractivity contribution >= 4 is 44.9 Å². The summed E-state index contributed by atoms with van der Waals surface area (Å²) in [6.07, 6.45) is 0. The lowest BCUT2D eigenvalue weighted by Gasteiger charge is -1.92. The summed E-state index contributed by atoms with van der Waals surface area (Å²) in [7, 11) is 0. The van der Waals surface area contributed by atoms with Gasteiger partial charge in [0, 0.05) is 12.1 Å². The second kappa shape index (κ2) is 5.06. The van der Waals surface area contributed by atoms with E-state index in [0.717, 1.165) is 11.8 Å². The molecule has 0 spiro atoms. The van der Waals surface area contributed by atoms with Gasteiger partial charge < -0.3 is 4.98 Å². The topological polar surface area (TPSA) is 88.9 Å². The number of H-pyrrole nitrogens is 1. The van der Waals surface area contributed by atoms with Crippen LogP contribution in [-0.4, -0.2) is 20.0 Å². The Balaban J connectivity index is 1.89. The highest BCUT2D eigenvalue weighted by Gasteiger charge is 2.14. The van der Waals surface area contributed by atoms with Gasteiger partial charge in [-0.2, -0.15) is 0 Å². The molecule has 1 N–H and O–H groups in total. The summed E-state index contributed by atoms with van der Waals surface area (Å²) in [5.74, 6) is 0. The normalized spacial score (nSPS) is 10.8. The van der Waals surface area contributed by atoms with E-state index in [4.69, 9.17) is 0 Å². The van der Waals surface area contributed by atoms with Gasteiger partial charge in [-0.15, -0.1) is 11.3 Å². The number of hydrogen-bond donors (Lipinski definition) is 1. The molecule has 0 amide bonds. The lowest BCUT2D eigenvalue weighted by Crippen LogP contribution is -1.89. The Labute approximate surface area is 121 Å². The van der Waals surface area contributed by atoms with Crippen LogP contribution < -0.4 is 0 Å². The minimum Gasteiger partial charge on any atom is -0.332 e. The van der Waals surface area contributed by atoms with Crippen molar-refractivity contribution in [2.24, 2.45) is 0 Å². The first-order chi connectivity index (χ1) is 9.63. The van der Waals surface area contributed by atoms with Gasteiger partial charge in [0.05, 0.1) is 20.8 Å². The highest BCUT2D eigenvalue weighted by atomic mass is 32.2. The lowest BCUT2D eigenvalue weighted by molar-refractivity contribution is -0.384. The number of thiophene rings is 1. The van der Waals surface area contributed by atoms with Crippen molar-refractivity contribution in [1.82, 2.24) is 9.97 Å². The number of hydrogen-bond acceptors (Lipinski definition) is 6. The molecule has 0 radical (unpaired) electrons. The lowest BCUT2D eigenvalue weighted by atomic mass is 10.3. The largest absolute Gasteiger partial charge is 0.332 e. The molecule has 3 rings (SSSR count).